The Balaban J connectivity index is 2.02. The van der Waals surface area contributed by atoms with Gasteiger partial charge in [-0.05, 0) is 19.3 Å². The van der Waals surface area contributed by atoms with Crippen LogP contribution in [0.5, 0.6) is 0 Å². The molecule has 1 saturated carbocycles. The molecule has 0 unspecified atom stereocenters. The van der Waals surface area contributed by atoms with Gasteiger partial charge in [0.2, 0.25) is 5.91 Å². The number of carbonyl (C=O) groups is 2. The molecule has 0 spiro atoms. The second-order valence-electron chi connectivity index (χ2n) is 5.42. The maximum Gasteiger partial charge on any atom is 0.310 e. The molecule has 1 amide bonds. The highest BCUT2D eigenvalue weighted by Gasteiger charge is 2.42. The fourth-order valence-electron chi connectivity index (χ4n) is 2.96. The predicted octanol–water partition coefficient (Wildman–Crippen LogP) is 2.20. The zero-order valence-corrected chi connectivity index (χ0v) is 10.7. The summed E-state index contributed by atoms with van der Waals surface area (Å²) in [5.41, 5.74) is -0.795. The Kier molecular flexibility index (Phi) is 4.04. The molecular weight excluding hydrogens is 230 g/mol. The summed E-state index contributed by atoms with van der Waals surface area (Å²) in [6.07, 6.45) is 9.36. The van der Waals surface area contributed by atoms with Crippen molar-refractivity contribution in [2.45, 2.75) is 44.9 Å². The van der Waals surface area contributed by atoms with Gasteiger partial charge in [0.05, 0.1) is 5.41 Å². The zero-order chi connectivity index (χ0) is 13.0. The van der Waals surface area contributed by atoms with Crippen molar-refractivity contribution in [3.05, 3.63) is 12.2 Å². The van der Waals surface area contributed by atoms with Crippen LogP contribution >= 0.6 is 0 Å². The predicted molar refractivity (Wildman–Crippen MR) is 68.1 cm³/mol. The van der Waals surface area contributed by atoms with E-state index in [1.54, 1.807) is 4.90 Å². The molecule has 1 N–H and O–H groups in total. The third-order valence-corrected chi connectivity index (χ3v) is 4.16. The molecule has 0 radical (unpaired) electrons. The minimum atomic E-state index is -0.795. The quantitative estimate of drug-likeness (QED) is 0.782. The third kappa shape index (κ3) is 2.74. The topological polar surface area (TPSA) is 57.6 Å². The molecule has 1 aliphatic heterocycles. The zero-order valence-electron chi connectivity index (χ0n) is 10.7. The van der Waals surface area contributed by atoms with Crippen molar-refractivity contribution in [2.24, 2.45) is 5.41 Å². The Morgan fingerprint density at radius 3 is 2.44 bits per heavy atom. The van der Waals surface area contributed by atoms with E-state index >= 15 is 0 Å². The molecule has 4 nitrogen and oxygen atoms in total. The Bertz CT molecular complexity index is 356. The highest BCUT2D eigenvalue weighted by molar-refractivity contribution is 5.85. The van der Waals surface area contributed by atoms with E-state index in [4.69, 9.17) is 0 Å². The largest absolute Gasteiger partial charge is 0.481 e. The minimum absolute atomic E-state index is 0.00338. The molecule has 18 heavy (non-hydrogen) atoms. The maximum atomic E-state index is 12.2. The lowest BCUT2D eigenvalue weighted by Crippen LogP contribution is -2.42. The summed E-state index contributed by atoms with van der Waals surface area (Å²) in [5.74, 6) is -0.785. The molecule has 2 rings (SSSR count). The summed E-state index contributed by atoms with van der Waals surface area (Å²) in [6, 6.07) is 0. The molecule has 1 aliphatic carbocycles. The van der Waals surface area contributed by atoms with Crippen LogP contribution in [0.25, 0.3) is 0 Å². The normalized spacial score (nSPS) is 22.8. The van der Waals surface area contributed by atoms with Crippen LogP contribution in [0.2, 0.25) is 0 Å². The van der Waals surface area contributed by atoms with E-state index in [9.17, 15) is 14.7 Å². The number of hydrogen-bond acceptors (Lipinski definition) is 2. The number of hydrogen-bond donors (Lipinski definition) is 1. The van der Waals surface area contributed by atoms with Crippen LogP contribution in [0.1, 0.15) is 44.9 Å². The number of aliphatic carboxylic acids is 1. The molecule has 2 aliphatic rings. The summed E-state index contributed by atoms with van der Waals surface area (Å²) in [7, 11) is 0. The van der Waals surface area contributed by atoms with E-state index in [0.29, 0.717) is 19.4 Å². The molecule has 1 heterocycles. The highest BCUT2D eigenvalue weighted by Crippen LogP contribution is 2.40. The maximum absolute atomic E-state index is 12.2. The second kappa shape index (κ2) is 5.55. The Morgan fingerprint density at radius 2 is 1.89 bits per heavy atom. The molecule has 4 heteroatoms. The lowest BCUT2D eigenvalue weighted by atomic mass is 9.71. The molecule has 0 aromatic carbocycles. The first-order valence-corrected chi connectivity index (χ1v) is 6.80. The molecule has 100 valence electrons. The van der Waals surface area contributed by atoms with Crippen LogP contribution in [0.3, 0.4) is 0 Å². The summed E-state index contributed by atoms with van der Waals surface area (Å²) in [6.45, 7) is 1.36. The fraction of sp³-hybridized carbons (Fsp3) is 0.714. The van der Waals surface area contributed by atoms with Crippen molar-refractivity contribution in [1.82, 2.24) is 4.90 Å². The first-order valence-electron chi connectivity index (χ1n) is 6.80. The molecule has 0 atom stereocenters. The van der Waals surface area contributed by atoms with Gasteiger partial charge in [-0.3, -0.25) is 9.59 Å². The third-order valence-electron chi connectivity index (χ3n) is 4.16. The lowest BCUT2D eigenvalue weighted by molar-refractivity contribution is -0.156. The monoisotopic (exact) mass is 251 g/mol. The molecule has 0 aromatic heterocycles. The van der Waals surface area contributed by atoms with Gasteiger partial charge in [-0.1, -0.05) is 31.4 Å². The lowest BCUT2D eigenvalue weighted by Gasteiger charge is -2.34. The number of carboxylic acid groups (broad SMARTS) is 1. The van der Waals surface area contributed by atoms with Gasteiger partial charge in [0.25, 0.3) is 0 Å². The number of carboxylic acids is 1. The standard InChI is InChI=1S/C14H21NO3/c16-12(15-9-5-2-6-10-15)11-14(13(17)18)7-3-1-4-8-14/h2,5H,1,3-4,6-11H2,(H,17,18). The van der Waals surface area contributed by atoms with E-state index in [1.807, 2.05) is 6.08 Å². The van der Waals surface area contributed by atoms with Crippen molar-refractivity contribution < 1.29 is 14.7 Å². The average Bonchev–Trinajstić information content (AvgIpc) is 2.40. The molecule has 0 aromatic rings. The van der Waals surface area contributed by atoms with Gasteiger partial charge in [0.15, 0.2) is 0 Å². The first kappa shape index (κ1) is 13.1. The van der Waals surface area contributed by atoms with E-state index in [-0.39, 0.29) is 12.3 Å². The van der Waals surface area contributed by atoms with Crippen LogP contribution in [-0.2, 0) is 9.59 Å². The molecule has 0 saturated heterocycles. The molecular formula is C14H21NO3. The van der Waals surface area contributed by atoms with Gasteiger partial charge in [-0.2, -0.15) is 0 Å². The summed E-state index contributed by atoms with van der Waals surface area (Å²) >= 11 is 0. The second-order valence-corrected chi connectivity index (χ2v) is 5.42. The van der Waals surface area contributed by atoms with Crippen molar-refractivity contribution in [2.75, 3.05) is 13.1 Å². The fourth-order valence-corrected chi connectivity index (χ4v) is 2.96. The minimum Gasteiger partial charge on any atom is -0.481 e. The van der Waals surface area contributed by atoms with Crippen LogP contribution in [-0.4, -0.2) is 35.0 Å². The molecule has 0 bridgehead atoms. The summed E-state index contributed by atoms with van der Waals surface area (Å²) < 4.78 is 0. The number of rotatable bonds is 3. The van der Waals surface area contributed by atoms with E-state index in [1.165, 1.54) is 0 Å². The Morgan fingerprint density at radius 1 is 1.17 bits per heavy atom. The van der Waals surface area contributed by atoms with Gasteiger partial charge in [-0.15, -0.1) is 0 Å². The average molecular weight is 251 g/mol. The SMILES string of the molecule is O=C(CC1(C(=O)O)CCCCC1)N1CC=CCC1. The van der Waals surface area contributed by atoms with Crippen molar-refractivity contribution >= 4 is 11.9 Å². The van der Waals surface area contributed by atoms with E-state index < -0.39 is 11.4 Å². The van der Waals surface area contributed by atoms with Gasteiger partial charge in [0, 0.05) is 19.5 Å². The van der Waals surface area contributed by atoms with Gasteiger partial charge < -0.3 is 10.0 Å². The van der Waals surface area contributed by atoms with Crippen LogP contribution < -0.4 is 0 Å². The number of carbonyl (C=O) groups excluding carboxylic acids is 1. The van der Waals surface area contributed by atoms with Crippen molar-refractivity contribution in [1.29, 1.82) is 0 Å². The molecule has 1 fully saturated rings. The van der Waals surface area contributed by atoms with E-state index in [0.717, 1.165) is 32.2 Å². The summed E-state index contributed by atoms with van der Waals surface area (Å²) in [5, 5.41) is 9.45. The first-order chi connectivity index (χ1) is 8.64. The van der Waals surface area contributed by atoms with Crippen LogP contribution in [0, 0.1) is 5.41 Å². The van der Waals surface area contributed by atoms with Crippen LogP contribution in [0.15, 0.2) is 12.2 Å². The number of nitrogens with zero attached hydrogens (tertiary/aromatic N) is 1. The van der Waals surface area contributed by atoms with Crippen LogP contribution in [0.4, 0.5) is 0 Å². The smallest absolute Gasteiger partial charge is 0.310 e. The van der Waals surface area contributed by atoms with E-state index in [2.05, 4.69) is 6.08 Å². The Labute approximate surface area is 108 Å². The van der Waals surface area contributed by atoms with Gasteiger partial charge in [0.1, 0.15) is 0 Å². The van der Waals surface area contributed by atoms with Gasteiger partial charge in [-0.25, -0.2) is 0 Å². The number of amides is 1. The Hall–Kier alpha value is -1.32. The summed E-state index contributed by atoms with van der Waals surface area (Å²) in [4.78, 5) is 25.5. The highest BCUT2D eigenvalue weighted by atomic mass is 16.4. The van der Waals surface area contributed by atoms with Crippen molar-refractivity contribution in [3.8, 4) is 0 Å². The van der Waals surface area contributed by atoms with Gasteiger partial charge >= 0.3 is 5.97 Å². The van der Waals surface area contributed by atoms with Crippen molar-refractivity contribution in [3.63, 3.8) is 0 Å².